The molecule has 0 saturated carbocycles. The zero-order valence-corrected chi connectivity index (χ0v) is 9.63. The Balaban J connectivity index is 3.89. The first kappa shape index (κ1) is 13.3. The fourth-order valence-electron chi connectivity index (χ4n) is 0.935. The molecule has 4 nitrogen and oxygen atoms in total. The Morgan fingerprint density at radius 1 is 1.36 bits per heavy atom. The van der Waals surface area contributed by atoms with E-state index in [1.54, 1.807) is 11.8 Å². The number of nitrogens with zero attached hydrogens (tertiary/aromatic N) is 1. The topological polar surface area (TPSA) is 57.6 Å². The maximum absolute atomic E-state index is 11.4. The van der Waals surface area contributed by atoms with Crippen LogP contribution in [-0.4, -0.2) is 46.0 Å². The maximum atomic E-state index is 11.4. The monoisotopic (exact) mass is 219 g/mol. The maximum Gasteiger partial charge on any atom is 0.316 e. The molecular formula is C9H17NO3S. The molecule has 1 atom stereocenters. The van der Waals surface area contributed by atoms with Crippen LogP contribution in [0.5, 0.6) is 0 Å². The van der Waals surface area contributed by atoms with Gasteiger partial charge in [0.25, 0.3) is 0 Å². The highest BCUT2D eigenvalue weighted by molar-refractivity contribution is 8.01. The predicted molar refractivity (Wildman–Crippen MR) is 57.5 cm³/mol. The average molecular weight is 219 g/mol. The normalized spacial score (nSPS) is 12.2. The van der Waals surface area contributed by atoms with Crippen molar-refractivity contribution in [1.82, 2.24) is 4.90 Å². The van der Waals surface area contributed by atoms with Crippen molar-refractivity contribution in [2.45, 2.75) is 26.0 Å². The van der Waals surface area contributed by atoms with E-state index >= 15 is 0 Å². The number of carbonyl (C=O) groups is 2. The first-order valence-corrected chi connectivity index (χ1v) is 5.69. The Labute approximate surface area is 88.7 Å². The Morgan fingerprint density at radius 2 is 1.86 bits per heavy atom. The van der Waals surface area contributed by atoms with Crippen LogP contribution in [0.3, 0.4) is 0 Å². The number of hydrogen-bond acceptors (Lipinski definition) is 3. The molecule has 0 aromatic rings. The molecule has 0 rings (SSSR count). The number of amides is 1. The van der Waals surface area contributed by atoms with Crippen molar-refractivity contribution in [1.29, 1.82) is 0 Å². The van der Waals surface area contributed by atoms with Gasteiger partial charge < -0.3 is 10.0 Å². The molecule has 1 N–H and O–H groups in total. The van der Waals surface area contributed by atoms with E-state index in [-0.39, 0.29) is 11.7 Å². The van der Waals surface area contributed by atoms with Gasteiger partial charge in [0.1, 0.15) is 0 Å². The number of carboxylic acids is 1. The third-order valence-electron chi connectivity index (χ3n) is 1.92. The highest BCUT2D eigenvalue weighted by Crippen LogP contribution is 2.11. The van der Waals surface area contributed by atoms with Crippen LogP contribution in [-0.2, 0) is 9.59 Å². The van der Waals surface area contributed by atoms with Crippen LogP contribution in [0.2, 0.25) is 0 Å². The van der Waals surface area contributed by atoms with E-state index in [1.807, 2.05) is 13.8 Å². The Morgan fingerprint density at radius 3 is 2.21 bits per heavy atom. The molecule has 5 heteroatoms. The molecule has 14 heavy (non-hydrogen) atoms. The molecule has 0 aliphatic carbocycles. The summed E-state index contributed by atoms with van der Waals surface area (Å²) in [5.74, 6) is -0.620. The molecule has 0 bridgehead atoms. The Hall–Kier alpha value is -0.710. The fourth-order valence-corrected chi connectivity index (χ4v) is 1.65. The smallest absolute Gasteiger partial charge is 0.316 e. The van der Waals surface area contributed by atoms with E-state index in [0.717, 1.165) is 11.8 Å². The zero-order chi connectivity index (χ0) is 11.1. The van der Waals surface area contributed by atoms with E-state index in [1.165, 1.54) is 0 Å². The molecule has 1 amide bonds. The number of aliphatic carboxylic acids is 1. The number of carboxylic acid groups (broad SMARTS) is 1. The van der Waals surface area contributed by atoms with Gasteiger partial charge in [-0.05, 0) is 20.8 Å². The molecule has 1 unspecified atom stereocenters. The standard InChI is InChI=1S/C9H17NO3S/c1-4-10(5-2)8(11)6-14-7(3)9(12)13/h7H,4-6H2,1-3H3,(H,12,13). The SMILES string of the molecule is CCN(CC)C(=O)CSC(C)C(=O)O. The summed E-state index contributed by atoms with van der Waals surface area (Å²) >= 11 is 1.16. The molecule has 0 aromatic carbocycles. The summed E-state index contributed by atoms with van der Waals surface area (Å²) in [5, 5.41) is 8.08. The van der Waals surface area contributed by atoms with Crippen LogP contribution in [0.25, 0.3) is 0 Å². The molecule has 0 spiro atoms. The van der Waals surface area contributed by atoms with Crippen LogP contribution in [0.4, 0.5) is 0 Å². The van der Waals surface area contributed by atoms with Crippen LogP contribution < -0.4 is 0 Å². The number of hydrogen-bond donors (Lipinski definition) is 1. The zero-order valence-electron chi connectivity index (χ0n) is 8.82. The van der Waals surface area contributed by atoms with E-state index in [2.05, 4.69) is 0 Å². The van der Waals surface area contributed by atoms with Crippen molar-refractivity contribution in [3.05, 3.63) is 0 Å². The minimum absolute atomic E-state index is 0.00750. The van der Waals surface area contributed by atoms with Gasteiger partial charge in [-0.25, -0.2) is 0 Å². The lowest BCUT2D eigenvalue weighted by Crippen LogP contribution is -2.32. The molecule has 0 aliphatic heterocycles. The molecule has 0 heterocycles. The van der Waals surface area contributed by atoms with E-state index < -0.39 is 11.2 Å². The molecule has 82 valence electrons. The van der Waals surface area contributed by atoms with Gasteiger partial charge in [0.05, 0.1) is 11.0 Å². The van der Waals surface area contributed by atoms with Crippen molar-refractivity contribution >= 4 is 23.6 Å². The van der Waals surface area contributed by atoms with Gasteiger partial charge >= 0.3 is 5.97 Å². The summed E-state index contributed by atoms with van der Waals surface area (Å²) in [5.41, 5.74) is 0. The third-order valence-corrected chi connectivity index (χ3v) is 3.04. The summed E-state index contributed by atoms with van der Waals surface area (Å²) in [6.45, 7) is 6.76. The minimum Gasteiger partial charge on any atom is -0.480 e. The molecule has 0 fully saturated rings. The average Bonchev–Trinajstić information content (AvgIpc) is 2.15. The predicted octanol–water partition coefficient (Wildman–Crippen LogP) is 1.06. The van der Waals surface area contributed by atoms with Crippen molar-refractivity contribution in [3.63, 3.8) is 0 Å². The minimum atomic E-state index is -0.873. The molecule has 0 radical (unpaired) electrons. The van der Waals surface area contributed by atoms with Crippen LogP contribution >= 0.6 is 11.8 Å². The van der Waals surface area contributed by atoms with E-state index in [0.29, 0.717) is 13.1 Å². The van der Waals surface area contributed by atoms with Crippen molar-refractivity contribution < 1.29 is 14.7 Å². The van der Waals surface area contributed by atoms with Gasteiger partial charge in [-0.1, -0.05) is 0 Å². The first-order chi connectivity index (χ1) is 6.52. The highest BCUT2D eigenvalue weighted by atomic mass is 32.2. The van der Waals surface area contributed by atoms with Crippen molar-refractivity contribution in [2.75, 3.05) is 18.8 Å². The van der Waals surface area contributed by atoms with Gasteiger partial charge in [-0.15, -0.1) is 11.8 Å². The van der Waals surface area contributed by atoms with Gasteiger partial charge in [-0.2, -0.15) is 0 Å². The van der Waals surface area contributed by atoms with Gasteiger partial charge in [0.2, 0.25) is 5.91 Å². The molecule has 0 aliphatic rings. The van der Waals surface area contributed by atoms with E-state index in [4.69, 9.17) is 5.11 Å². The largest absolute Gasteiger partial charge is 0.480 e. The van der Waals surface area contributed by atoms with Crippen LogP contribution in [0.15, 0.2) is 0 Å². The van der Waals surface area contributed by atoms with Crippen molar-refractivity contribution in [3.8, 4) is 0 Å². The highest BCUT2D eigenvalue weighted by Gasteiger charge is 2.15. The Kier molecular flexibility index (Phi) is 6.36. The number of carbonyl (C=O) groups excluding carboxylic acids is 1. The first-order valence-electron chi connectivity index (χ1n) is 4.65. The van der Waals surface area contributed by atoms with Gasteiger partial charge in [0.15, 0.2) is 0 Å². The van der Waals surface area contributed by atoms with Gasteiger partial charge in [-0.3, -0.25) is 9.59 Å². The lowest BCUT2D eigenvalue weighted by Gasteiger charge is -2.18. The van der Waals surface area contributed by atoms with Crippen LogP contribution in [0.1, 0.15) is 20.8 Å². The second kappa shape index (κ2) is 6.70. The summed E-state index contributed by atoms with van der Waals surface area (Å²) in [6, 6.07) is 0. The number of rotatable bonds is 6. The summed E-state index contributed by atoms with van der Waals surface area (Å²) in [7, 11) is 0. The fraction of sp³-hybridized carbons (Fsp3) is 0.778. The summed E-state index contributed by atoms with van der Waals surface area (Å²) in [6.07, 6.45) is 0. The molecular weight excluding hydrogens is 202 g/mol. The quantitative estimate of drug-likeness (QED) is 0.725. The Bertz CT molecular complexity index is 204. The molecule has 0 aromatic heterocycles. The van der Waals surface area contributed by atoms with Gasteiger partial charge in [0, 0.05) is 13.1 Å². The van der Waals surface area contributed by atoms with Crippen LogP contribution in [0, 0.1) is 0 Å². The third kappa shape index (κ3) is 4.50. The van der Waals surface area contributed by atoms with Crippen molar-refractivity contribution in [2.24, 2.45) is 0 Å². The summed E-state index contributed by atoms with van der Waals surface area (Å²) < 4.78 is 0. The van der Waals surface area contributed by atoms with E-state index in [9.17, 15) is 9.59 Å². The lowest BCUT2D eigenvalue weighted by atomic mass is 10.5. The summed E-state index contributed by atoms with van der Waals surface area (Å²) in [4.78, 5) is 23.6. The second-order valence-corrected chi connectivity index (χ2v) is 4.19. The molecule has 0 saturated heterocycles. The lowest BCUT2D eigenvalue weighted by molar-refractivity contribution is -0.136. The second-order valence-electron chi connectivity index (χ2n) is 2.86. The number of thioether (sulfide) groups is 1.